The standard InChI is InChI=1S/C11H16N2O4S/c1-7-8(9(14)17-11(2,3)4)6-12-10(13-7)18(5,15)16/h6H,1-5H3. The second-order valence-corrected chi connectivity index (χ2v) is 6.84. The molecule has 0 spiro atoms. The van der Waals surface area contributed by atoms with Crippen LogP contribution in [0.25, 0.3) is 0 Å². The van der Waals surface area contributed by atoms with Crippen LogP contribution < -0.4 is 0 Å². The smallest absolute Gasteiger partial charge is 0.342 e. The van der Waals surface area contributed by atoms with Crippen LogP contribution in [0, 0.1) is 6.92 Å². The number of nitrogens with zero attached hydrogens (tertiary/aromatic N) is 2. The monoisotopic (exact) mass is 272 g/mol. The molecule has 1 aromatic heterocycles. The Bertz CT molecular complexity index is 573. The van der Waals surface area contributed by atoms with Gasteiger partial charge in [-0.1, -0.05) is 0 Å². The molecule has 6 nitrogen and oxygen atoms in total. The average molecular weight is 272 g/mol. The van der Waals surface area contributed by atoms with Crippen LogP contribution in [0.4, 0.5) is 0 Å². The normalized spacial score (nSPS) is 12.3. The third-order valence-electron chi connectivity index (χ3n) is 1.91. The lowest BCUT2D eigenvalue weighted by molar-refractivity contribution is 0.00674. The van der Waals surface area contributed by atoms with Gasteiger partial charge in [0.25, 0.3) is 0 Å². The van der Waals surface area contributed by atoms with Gasteiger partial charge < -0.3 is 4.74 Å². The van der Waals surface area contributed by atoms with Gasteiger partial charge in [0.2, 0.25) is 15.0 Å². The predicted octanol–water partition coefficient (Wildman–Crippen LogP) is 1.14. The van der Waals surface area contributed by atoms with Crippen LogP contribution in [-0.4, -0.2) is 36.2 Å². The summed E-state index contributed by atoms with van der Waals surface area (Å²) in [6.07, 6.45) is 2.18. The fourth-order valence-electron chi connectivity index (χ4n) is 1.16. The Balaban J connectivity index is 3.11. The first-order valence-electron chi connectivity index (χ1n) is 5.28. The van der Waals surface area contributed by atoms with Crippen LogP contribution in [0.15, 0.2) is 11.4 Å². The van der Waals surface area contributed by atoms with E-state index in [1.807, 2.05) is 0 Å². The predicted molar refractivity (Wildman–Crippen MR) is 65.0 cm³/mol. The number of rotatable bonds is 2. The molecule has 0 fully saturated rings. The first-order chi connectivity index (χ1) is 8.00. The molecule has 0 N–H and O–H groups in total. The number of hydrogen-bond donors (Lipinski definition) is 0. The molecule has 0 unspecified atom stereocenters. The summed E-state index contributed by atoms with van der Waals surface area (Å²) >= 11 is 0. The summed E-state index contributed by atoms with van der Waals surface area (Å²) < 4.78 is 27.7. The molecular weight excluding hydrogens is 256 g/mol. The van der Waals surface area contributed by atoms with Crippen molar-refractivity contribution < 1.29 is 17.9 Å². The molecule has 0 aliphatic carbocycles. The highest BCUT2D eigenvalue weighted by molar-refractivity contribution is 7.90. The molecule has 0 aliphatic heterocycles. The van der Waals surface area contributed by atoms with Crippen molar-refractivity contribution in [2.24, 2.45) is 0 Å². The average Bonchev–Trinajstić information content (AvgIpc) is 2.12. The fourth-order valence-corrected chi connectivity index (χ4v) is 1.70. The van der Waals surface area contributed by atoms with E-state index in [9.17, 15) is 13.2 Å². The zero-order chi connectivity index (χ0) is 14.1. The van der Waals surface area contributed by atoms with Crippen molar-refractivity contribution in [3.8, 4) is 0 Å². The van der Waals surface area contributed by atoms with Crippen molar-refractivity contribution in [2.45, 2.75) is 38.5 Å². The van der Waals surface area contributed by atoms with Crippen LogP contribution in [0.3, 0.4) is 0 Å². The first-order valence-corrected chi connectivity index (χ1v) is 7.17. The van der Waals surface area contributed by atoms with Crippen LogP contribution in [0.1, 0.15) is 36.8 Å². The summed E-state index contributed by atoms with van der Waals surface area (Å²) in [6.45, 7) is 6.76. The van der Waals surface area contributed by atoms with Gasteiger partial charge in [0.1, 0.15) is 5.60 Å². The molecule has 0 atom stereocenters. The number of hydrogen-bond acceptors (Lipinski definition) is 6. The molecule has 0 amide bonds. The van der Waals surface area contributed by atoms with E-state index in [1.54, 1.807) is 20.8 Å². The first kappa shape index (κ1) is 14.6. The summed E-state index contributed by atoms with van der Waals surface area (Å²) in [5.41, 5.74) is -0.184. The molecule has 0 aliphatic rings. The fraction of sp³-hybridized carbons (Fsp3) is 0.545. The molecule has 1 heterocycles. The molecule has 0 saturated carbocycles. The van der Waals surface area contributed by atoms with E-state index in [1.165, 1.54) is 13.1 Å². The third kappa shape index (κ3) is 3.76. The van der Waals surface area contributed by atoms with Gasteiger partial charge in [-0.3, -0.25) is 0 Å². The van der Waals surface area contributed by atoms with Crippen LogP contribution in [-0.2, 0) is 14.6 Å². The number of aromatic nitrogens is 2. The molecule has 18 heavy (non-hydrogen) atoms. The minimum Gasteiger partial charge on any atom is -0.456 e. The lowest BCUT2D eigenvalue weighted by Crippen LogP contribution is -2.25. The number of ether oxygens (including phenoxy) is 1. The Kier molecular flexibility index (Phi) is 3.75. The van der Waals surface area contributed by atoms with Crippen molar-refractivity contribution in [3.05, 3.63) is 17.5 Å². The summed E-state index contributed by atoms with van der Waals surface area (Å²) in [7, 11) is -3.48. The van der Waals surface area contributed by atoms with Gasteiger partial charge in [0.05, 0.1) is 11.3 Å². The minimum absolute atomic E-state index is 0.164. The van der Waals surface area contributed by atoms with E-state index in [0.717, 1.165) is 6.26 Å². The highest BCUT2D eigenvalue weighted by atomic mass is 32.2. The van der Waals surface area contributed by atoms with Crippen molar-refractivity contribution in [2.75, 3.05) is 6.26 Å². The minimum atomic E-state index is -3.48. The number of esters is 1. The van der Waals surface area contributed by atoms with E-state index in [4.69, 9.17) is 4.74 Å². The maximum Gasteiger partial charge on any atom is 0.342 e. The summed E-state index contributed by atoms with van der Waals surface area (Å²) in [6, 6.07) is 0. The quantitative estimate of drug-likeness (QED) is 0.593. The van der Waals surface area contributed by atoms with Gasteiger partial charge in [-0.15, -0.1) is 0 Å². The SMILES string of the molecule is Cc1nc(S(C)(=O)=O)ncc1C(=O)OC(C)(C)C. The van der Waals surface area contributed by atoms with E-state index < -0.39 is 21.4 Å². The second-order valence-electron chi connectivity index (χ2n) is 4.93. The Morgan fingerprint density at radius 1 is 1.33 bits per heavy atom. The number of aryl methyl sites for hydroxylation is 1. The Morgan fingerprint density at radius 3 is 2.28 bits per heavy atom. The van der Waals surface area contributed by atoms with E-state index in [0.29, 0.717) is 0 Å². The van der Waals surface area contributed by atoms with E-state index in [2.05, 4.69) is 9.97 Å². The zero-order valence-corrected chi connectivity index (χ0v) is 11.8. The summed E-state index contributed by atoms with van der Waals surface area (Å²) in [4.78, 5) is 19.2. The molecule has 0 saturated heterocycles. The van der Waals surface area contributed by atoms with Gasteiger partial charge in [0.15, 0.2) is 0 Å². The van der Waals surface area contributed by atoms with E-state index in [-0.39, 0.29) is 16.4 Å². The largest absolute Gasteiger partial charge is 0.456 e. The molecular formula is C11H16N2O4S. The van der Waals surface area contributed by atoms with Crippen molar-refractivity contribution >= 4 is 15.8 Å². The van der Waals surface area contributed by atoms with Crippen molar-refractivity contribution in [1.82, 2.24) is 9.97 Å². The number of carbonyl (C=O) groups is 1. The highest BCUT2D eigenvalue weighted by Gasteiger charge is 2.22. The molecule has 100 valence electrons. The lowest BCUT2D eigenvalue weighted by atomic mass is 10.2. The zero-order valence-electron chi connectivity index (χ0n) is 11.0. The van der Waals surface area contributed by atoms with Gasteiger partial charge in [-0.25, -0.2) is 23.2 Å². The second kappa shape index (κ2) is 4.64. The Morgan fingerprint density at radius 2 is 1.89 bits per heavy atom. The van der Waals surface area contributed by atoms with E-state index >= 15 is 0 Å². The number of sulfone groups is 1. The highest BCUT2D eigenvalue weighted by Crippen LogP contribution is 2.14. The Labute approximate surface area is 106 Å². The Hall–Kier alpha value is -1.50. The molecule has 0 aromatic carbocycles. The van der Waals surface area contributed by atoms with Gasteiger partial charge in [0, 0.05) is 12.5 Å². The van der Waals surface area contributed by atoms with Gasteiger partial charge in [-0.05, 0) is 27.7 Å². The topological polar surface area (TPSA) is 86.2 Å². The number of carbonyl (C=O) groups excluding carboxylic acids is 1. The van der Waals surface area contributed by atoms with Crippen molar-refractivity contribution in [1.29, 1.82) is 0 Å². The molecule has 0 bridgehead atoms. The molecule has 0 radical (unpaired) electrons. The summed E-state index contributed by atoms with van der Waals surface area (Å²) in [5.74, 6) is -0.569. The van der Waals surface area contributed by atoms with Crippen LogP contribution in [0.5, 0.6) is 0 Å². The van der Waals surface area contributed by atoms with Gasteiger partial charge >= 0.3 is 5.97 Å². The third-order valence-corrected chi connectivity index (χ3v) is 2.77. The lowest BCUT2D eigenvalue weighted by Gasteiger charge is -2.19. The van der Waals surface area contributed by atoms with Gasteiger partial charge in [-0.2, -0.15) is 0 Å². The van der Waals surface area contributed by atoms with Crippen molar-refractivity contribution in [3.63, 3.8) is 0 Å². The van der Waals surface area contributed by atoms with Crippen LogP contribution >= 0.6 is 0 Å². The van der Waals surface area contributed by atoms with Crippen LogP contribution in [0.2, 0.25) is 0 Å². The maximum absolute atomic E-state index is 11.8. The molecule has 1 rings (SSSR count). The molecule has 7 heteroatoms. The summed E-state index contributed by atoms with van der Waals surface area (Å²) in [5, 5.41) is -0.299. The molecule has 1 aromatic rings. The maximum atomic E-state index is 11.8.